The highest BCUT2D eigenvalue weighted by Gasteiger charge is 2.40. The van der Waals surface area contributed by atoms with Crippen molar-refractivity contribution in [3.05, 3.63) is 35.9 Å². The summed E-state index contributed by atoms with van der Waals surface area (Å²) in [5.41, 5.74) is -0.763. The molecular formula is C19H26O3. The van der Waals surface area contributed by atoms with E-state index in [0.717, 1.165) is 0 Å². The number of Topliss-reactive ketones (excluding diaryl/α,β-unsaturated/α-hetero) is 3. The summed E-state index contributed by atoms with van der Waals surface area (Å²) in [6.07, 6.45) is -0.0593. The summed E-state index contributed by atoms with van der Waals surface area (Å²) in [4.78, 5) is 37.7. The summed E-state index contributed by atoms with van der Waals surface area (Å²) >= 11 is 0. The van der Waals surface area contributed by atoms with Gasteiger partial charge < -0.3 is 0 Å². The average molecular weight is 302 g/mol. The molecule has 0 fully saturated rings. The molecule has 1 aromatic carbocycles. The molecule has 0 aromatic heterocycles. The van der Waals surface area contributed by atoms with Crippen molar-refractivity contribution in [2.75, 3.05) is 0 Å². The van der Waals surface area contributed by atoms with Crippen molar-refractivity contribution in [2.24, 2.45) is 16.7 Å². The maximum atomic E-state index is 12.6. The fourth-order valence-electron chi connectivity index (χ4n) is 2.28. The first-order valence-electron chi connectivity index (χ1n) is 7.61. The van der Waals surface area contributed by atoms with Crippen LogP contribution >= 0.6 is 0 Å². The Kier molecular flexibility index (Phi) is 5.44. The van der Waals surface area contributed by atoms with Crippen molar-refractivity contribution in [1.29, 1.82) is 0 Å². The molecular weight excluding hydrogens is 276 g/mol. The zero-order valence-corrected chi connectivity index (χ0v) is 14.4. The highest BCUT2D eigenvalue weighted by atomic mass is 16.2. The minimum absolute atomic E-state index is 0.0593. The van der Waals surface area contributed by atoms with Gasteiger partial charge in [-0.1, -0.05) is 71.9 Å². The maximum Gasteiger partial charge on any atom is 0.164 e. The van der Waals surface area contributed by atoms with Crippen molar-refractivity contribution in [2.45, 2.75) is 48.0 Å². The Morgan fingerprint density at radius 2 is 1.23 bits per heavy atom. The molecule has 1 aromatic rings. The lowest BCUT2D eigenvalue weighted by Crippen LogP contribution is -2.40. The molecule has 0 aliphatic heterocycles. The third-order valence-electron chi connectivity index (χ3n) is 3.60. The van der Waals surface area contributed by atoms with Crippen LogP contribution in [0, 0.1) is 16.7 Å². The second-order valence-corrected chi connectivity index (χ2v) is 7.77. The van der Waals surface area contributed by atoms with Crippen LogP contribution in [0.15, 0.2) is 30.3 Å². The minimum atomic E-state index is -0.882. The molecule has 0 unspecified atom stereocenters. The van der Waals surface area contributed by atoms with Gasteiger partial charge in [0.15, 0.2) is 5.78 Å². The largest absolute Gasteiger partial charge is 0.298 e. The fraction of sp³-hybridized carbons (Fsp3) is 0.526. The molecule has 22 heavy (non-hydrogen) atoms. The summed E-state index contributed by atoms with van der Waals surface area (Å²) in [6, 6.07) is 8.80. The van der Waals surface area contributed by atoms with Crippen LogP contribution in [0.3, 0.4) is 0 Å². The van der Waals surface area contributed by atoms with Crippen LogP contribution in [-0.4, -0.2) is 17.3 Å². The van der Waals surface area contributed by atoms with E-state index in [1.165, 1.54) is 0 Å². The lowest BCUT2D eigenvalue weighted by atomic mass is 9.72. The molecule has 3 nitrogen and oxygen atoms in total. The number of rotatable bonds is 5. The normalized spacial score (nSPS) is 12.3. The van der Waals surface area contributed by atoms with Gasteiger partial charge in [0, 0.05) is 22.8 Å². The van der Waals surface area contributed by atoms with Gasteiger partial charge in [0.25, 0.3) is 0 Å². The molecule has 0 amide bonds. The van der Waals surface area contributed by atoms with Crippen LogP contribution in [0.4, 0.5) is 0 Å². The smallest absolute Gasteiger partial charge is 0.164 e. The van der Waals surface area contributed by atoms with Crippen LogP contribution in [-0.2, 0) is 9.59 Å². The first-order valence-corrected chi connectivity index (χ1v) is 7.61. The average Bonchev–Trinajstić information content (AvgIpc) is 2.42. The predicted molar refractivity (Wildman–Crippen MR) is 87.8 cm³/mol. The zero-order chi connectivity index (χ0) is 17.1. The number of hydrogen-bond donors (Lipinski definition) is 0. The van der Waals surface area contributed by atoms with E-state index < -0.39 is 16.7 Å². The minimum Gasteiger partial charge on any atom is -0.298 e. The van der Waals surface area contributed by atoms with E-state index in [4.69, 9.17) is 0 Å². The number of hydrogen-bond acceptors (Lipinski definition) is 3. The van der Waals surface area contributed by atoms with E-state index in [9.17, 15) is 14.4 Å². The molecule has 0 radical (unpaired) electrons. The van der Waals surface area contributed by atoms with E-state index in [1.54, 1.807) is 65.8 Å². The Labute approximate surface area is 133 Å². The van der Waals surface area contributed by atoms with Crippen molar-refractivity contribution in [1.82, 2.24) is 0 Å². The molecule has 0 heterocycles. The van der Waals surface area contributed by atoms with Gasteiger partial charge in [-0.05, 0) is 0 Å². The molecule has 120 valence electrons. The van der Waals surface area contributed by atoms with Crippen molar-refractivity contribution in [3.63, 3.8) is 0 Å². The maximum absolute atomic E-state index is 12.6. The Balaban J connectivity index is 3.09. The third kappa shape index (κ3) is 4.62. The van der Waals surface area contributed by atoms with Gasteiger partial charge in [-0.25, -0.2) is 0 Å². The zero-order valence-electron chi connectivity index (χ0n) is 14.4. The van der Waals surface area contributed by atoms with Crippen molar-refractivity contribution in [3.8, 4) is 0 Å². The van der Waals surface area contributed by atoms with Crippen LogP contribution in [0.25, 0.3) is 0 Å². The molecule has 0 N–H and O–H groups in total. The monoisotopic (exact) mass is 302 g/mol. The second-order valence-electron chi connectivity index (χ2n) is 7.77. The van der Waals surface area contributed by atoms with Crippen LogP contribution < -0.4 is 0 Å². The molecule has 0 saturated heterocycles. The second kappa shape index (κ2) is 6.55. The standard InChI is InChI=1S/C19H26O3/c1-18(2,3)16(21)14(17(22)19(4,5)6)12-15(20)13-10-8-7-9-11-13/h7-11,14H,12H2,1-6H3. The molecule has 0 aliphatic rings. The number of ketones is 3. The molecule has 3 heteroatoms. The molecule has 0 atom stereocenters. The lowest BCUT2D eigenvalue weighted by molar-refractivity contribution is -0.141. The van der Waals surface area contributed by atoms with E-state index in [1.807, 2.05) is 6.07 Å². The molecule has 1 rings (SSSR count). The van der Waals surface area contributed by atoms with E-state index in [-0.39, 0.29) is 23.8 Å². The topological polar surface area (TPSA) is 51.2 Å². The van der Waals surface area contributed by atoms with Crippen molar-refractivity contribution < 1.29 is 14.4 Å². The Bertz CT molecular complexity index is 531. The lowest BCUT2D eigenvalue weighted by Gasteiger charge is -2.28. The number of benzene rings is 1. The first kappa shape index (κ1) is 18.3. The summed E-state index contributed by atoms with van der Waals surface area (Å²) in [5.74, 6) is -1.39. The summed E-state index contributed by atoms with van der Waals surface area (Å²) in [7, 11) is 0. The Hall–Kier alpha value is -1.77. The predicted octanol–water partition coefficient (Wildman–Crippen LogP) is 4.11. The molecule has 0 bridgehead atoms. The molecule has 0 spiro atoms. The Morgan fingerprint density at radius 1 is 0.818 bits per heavy atom. The van der Waals surface area contributed by atoms with Gasteiger partial charge >= 0.3 is 0 Å². The van der Waals surface area contributed by atoms with Crippen molar-refractivity contribution >= 4 is 17.3 Å². The van der Waals surface area contributed by atoms with Gasteiger partial charge in [-0.2, -0.15) is 0 Å². The molecule has 0 saturated carbocycles. The fourth-order valence-corrected chi connectivity index (χ4v) is 2.28. The van der Waals surface area contributed by atoms with Gasteiger partial charge in [-0.15, -0.1) is 0 Å². The SMILES string of the molecule is CC(C)(C)C(=O)C(CC(=O)c1ccccc1)C(=O)C(C)(C)C. The quantitative estimate of drug-likeness (QED) is 0.607. The summed E-state index contributed by atoms with van der Waals surface area (Å²) in [6.45, 7) is 10.7. The summed E-state index contributed by atoms with van der Waals surface area (Å²) in [5, 5.41) is 0. The van der Waals surface area contributed by atoms with Gasteiger partial charge in [0.1, 0.15) is 11.6 Å². The van der Waals surface area contributed by atoms with E-state index in [2.05, 4.69) is 0 Å². The van der Waals surface area contributed by atoms with E-state index in [0.29, 0.717) is 5.56 Å². The van der Waals surface area contributed by atoms with Crippen LogP contribution in [0.1, 0.15) is 58.3 Å². The van der Waals surface area contributed by atoms with E-state index >= 15 is 0 Å². The first-order chi connectivity index (χ1) is 9.94. The Morgan fingerprint density at radius 3 is 1.59 bits per heavy atom. The van der Waals surface area contributed by atoms with Crippen LogP contribution in [0.2, 0.25) is 0 Å². The number of carbonyl (C=O) groups is 3. The molecule has 0 aliphatic carbocycles. The highest BCUT2D eigenvalue weighted by Crippen LogP contribution is 2.30. The number of carbonyl (C=O) groups excluding carboxylic acids is 3. The van der Waals surface area contributed by atoms with Gasteiger partial charge in [-0.3, -0.25) is 14.4 Å². The highest BCUT2D eigenvalue weighted by molar-refractivity contribution is 6.10. The summed E-state index contributed by atoms with van der Waals surface area (Å²) < 4.78 is 0. The van der Waals surface area contributed by atoms with Crippen LogP contribution in [0.5, 0.6) is 0 Å². The third-order valence-corrected chi connectivity index (χ3v) is 3.60. The van der Waals surface area contributed by atoms with Gasteiger partial charge in [0.05, 0.1) is 5.92 Å². The van der Waals surface area contributed by atoms with Gasteiger partial charge in [0.2, 0.25) is 0 Å².